The predicted octanol–water partition coefficient (Wildman–Crippen LogP) is 2.20. The lowest BCUT2D eigenvalue weighted by Crippen LogP contribution is -2.27. The third-order valence-corrected chi connectivity index (χ3v) is 3.36. The highest BCUT2D eigenvalue weighted by Gasteiger charge is 2.31. The Labute approximate surface area is 101 Å². The fraction of sp³-hybridized carbons (Fsp3) is 0.273. The SMILES string of the molecule is N#Cc1cc(F)ccc1N1CCC(Br)C1=O. The summed E-state index contributed by atoms with van der Waals surface area (Å²) in [5.74, 6) is -0.551. The van der Waals surface area contributed by atoms with Crippen LogP contribution in [0.4, 0.5) is 10.1 Å². The van der Waals surface area contributed by atoms with Gasteiger partial charge in [0.25, 0.3) is 0 Å². The maximum Gasteiger partial charge on any atom is 0.240 e. The molecule has 0 N–H and O–H groups in total. The first-order valence-corrected chi connectivity index (χ1v) is 5.70. The highest BCUT2D eigenvalue weighted by molar-refractivity contribution is 9.10. The Morgan fingerprint density at radius 3 is 2.88 bits per heavy atom. The average molecular weight is 283 g/mol. The summed E-state index contributed by atoms with van der Waals surface area (Å²) in [7, 11) is 0. The molecule has 82 valence electrons. The van der Waals surface area contributed by atoms with E-state index in [2.05, 4.69) is 15.9 Å². The van der Waals surface area contributed by atoms with E-state index in [0.717, 1.165) is 6.07 Å². The van der Waals surface area contributed by atoms with E-state index in [1.807, 2.05) is 6.07 Å². The van der Waals surface area contributed by atoms with Crippen molar-refractivity contribution < 1.29 is 9.18 Å². The third kappa shape index (κ3) is 1.81. The van der Waals surface area contributed by atoms with Gasteiger partial charge in [-0.1, -0.05) is 15.9 Å². The van der Waals surface area contributed by atoms with Gasteiger partial charge in [0, 0.05) is 6.54 Å². The summed E-state index contributed by atoms with van der Waals surface area (Å²) in [6, 6.07) is 5.77. The van der Waals surface area contributed by atoms with E-state index < -0.39 is 5.82 Å². The zero-order valence-corrected chi connectivity index (χ0v) is 9.87. The molecular formula is C11H8BrFN2O. The lowest BCUT2D eigenvalue weighted by Gasteiger charge is -2.17. The monoisotopic (exact) mass is 282 g/mol. The number of carbonyl (C=O) groups excluding carboxylic acids is 1. The maximum atomic E-state index is 12.9. The number of hydrogen-bond donors (Lipinski definition) is 0. The molecule has 0 aromatic heterocycles. The van der Waals surface area contributed by atoms with Crippen LogP contribution in [0.2, 0.25) is 0 Å². The van der Waals surface area contributed by atoms with Crippen LogP contribution in [0, 0.1) is 17.1 Å². The number of benzene rings is 1. The van der Waals surface area contributed by atoms with Crippen molar-refractivity contribution >= 4 is 27.5 Å². The van der Waals surface area contributed by atoms with Gasteiger partial charge in [0.1, 0.15) is 11.9 Å². The normalized spacial score (nSPS) is 19.9. The third-order valence-electron chi connectivity index (χ3n) is 2.51. The van der Waals surface area contributed by atoms with Crippen LogP contribution in [0.1, 0.15) is 12.0 Å². The van der Waals surface area contributed by atoms with E-state index in [-0.39, 0.29) is 16.3 Å². The minimum Gasteiger partial charge on any atom is -0.310 e. The molecule has 1 amide bonds. The Hall–Kier alpha value is -1.41. The number of carbonyl (C=O) groups is 1. The molecule has 1 unspecified atom stereocenters. The van der Waals surface area contributed by atoms with Gasteiger partial charge in [0.2, 0.25) is 5.91 Å². The van der Waals surface area contributed by atoms with E-state index in [0.29, 0.717) is 18.7 Å². The molecule has 1 fully saturated rings. The molecule has 0 aliphatic carbocycles. The highest BCUT2D eigenvalue weighted by atomic mass is 79.9. The molecule has 1 atom stereocenters. The van der Waals surface area contributed by atoms with Gasteiger partial charge < -0.3 is 4.90 Å². The number of halogens is 2. The molecule has 0 saturated carbocycles. The van der Waals surface area contributed by atoms with Crippen LogP contribution < -0.4 is 4.90 Å². The van der Waals surface area contributed by atoms with E-state index in [9.17, 15) is 9.18 Å². The molecule has 0 spiro atoms. The molecule has 2 rings (SSSR count). The van der Waals surface area contributed by atoms with Crippen LogP contribution in [0.15, 0.2) is 18.2 Å². The molecule has 0 bridgehead atoms. The fourth-order valence-electron chi connectivity index (χ4n) is 1.72. The minimum atomic E-state index is -0.470. The van der Waals surface area contributed by atoms with Crippen LogP contribution in [-0.2, 0) is 4.79 Å². The number of rotatable bonds is 1. The quantitative estimate of drug-likeness (QED) is 0.742. The molecule has 1 aliphatic heterocycles. The van der Waals surface area contributed by atoms with Gasteiger partial charge in [0.05, 0.1) is 16.1 Å². The molecule has 1 saturated heterocycles. The van der Waals surface area contributed by atoms with Crippen molar-refractivity contribution in [3.8, 4) is 6.07 Å². The van der Waals surface area contributed by atoms with Crippen LogP contribution in [0.25, 0.3) is 0 Å². The van der Waals surface area contributed by atoms with Crippen LogP contribution >= 0.6 is 15.9 Å². The summed E-state index contributed by atoms with van der Waals surface area (Å²) in [6.45, 7) is 0.551. The van der Waals surface area contributed by atoms with Crippen molar-refractivity contribution in [3.05, 3.63) is 29.6 Å². The number of nitriles is 1. The minimum absolute atomic E-state index is 0.0805. The smallest absolute Gasteiger partial charge is 0.240 e. The summed E-state index contributed by atoms with van der Waals surface area (Å²) in [6.07, 6.45) is 0.696. The van der Waals surface area contributed by atoms with Crippen LogP contribution in [0.3, 0.4) is 0 Å². The van der Waals surface area contributed by atoms with E-state index in [1.165, 1.54) is 17.0 Å². The van der Waals surface area contributed by atoms with Crippen molar-refractivity contribution in [2.75, 3.05) is 11.4 Å². The number of nitrogens with zero attached hydrogens (tertiary/aromatic N) is 2. The molecule has 1 aromatic carbocycles. The number of hydrogen-bond acceptors (Lipinski definition) is 2. The van der Waals surface area contributed by atoms with Crippen molar-refractivity contribution in [2.45, 2.75) is 11.2 Å². The molecule has 3 nitrogen and oxygen atoms in total. The molecule has 1 aromatic rings. The lowest BCUT2D eigenvalue weighted by molar-refractivity contribution is -0.116. The fourth-order valence-corrected chi connectivity index (χ4v) is 2.17. The van der Waals surface area contributed by atoms with E-state index >= 15 is 0 Å². The zero-order chi connectivity index (χ0) is 11.7. The van der Waals surface area contributed by atoms with Crippen molar-refractivity contribution in [3.63, 3.8) is 0 Å². The molecular weight excluding hydrogens is 275 g/mol. The van der Waals surface area contributed by atoms with E-state index in [1.54, 1.807) is 0 Å². The van der Waals surface area contributed by atoms with Gasteiger partial charge in [-0.15, -0.1) is 0 Å². The number of alkyl halides is 1. The Bertz CT molecular complexity index is 483. The maximum absolute atomic E-state index is 12.9. The summed E-state index contributed by atoms with van der Waals surface area (Å²) in [5, 5.41) is 8.89. The second-order valence-corrected chi connectivity index (χ2v) is 4.62. The topological polar surface area (TPSA) is 44.1 Å². The second-order valence-electron chi connectivity index (χ2n) is 3.52. The largest absolute Gasteiger partial charge is 0.310 e. The Kier molecular flexibility index (Phi) is 2.92. The summed E-state index contributed by atoms with van der Waals surface area (Å²) in [4.78, 5) is 13.0. The predicted molar refractivity (Wildman–Crippen MR) is 60.8 cm³/mol. The van der Waals surface area contributed by atoms with Gasteiger partial charge >= 0.3 is 0 Å². The lowest BCUT2D eigenvalue weighted by atomic mass is 10.1. The van der Waals surface area contributed by atoms with Crippen molar-refractivity contribution in [1.82, 2.24) is 0 Å². The van der Waals surface area contributed by atoms with Crippen molar-refractivity contribution in [2.24, 2.45) is 0 Å². The van der Waals surface area contributed by atoms with Gasteiger partial charge in [-0.05, 0) is 24.6 Å². The Balaban J connectivity index is 2.42. The van der Waals surface area contributed by atoms with Crippen molar-refractivity contribution in [1.29, 1.82) is 5.26 Å². The zero-order valence-electron chi connectivity index (χ0n) is 8.28. The molecule has 1 heterocycles. The Morgan fingerprint density at radius 2 is 2.31 bits per heavy atom. The summed E-state index contributed by atoms with van der Waals surface area (Å²) >= 11 is 3.25. The van der Waals surface area contributed by atoms with Gasteiger partial charge in [-0.2, -0.15) is 5.26 Å². The van der Waals surface area contributed by atoms with Gasteiger partial charge in [-0.25, -0.2) is 4.39 Å². The number of anilines is 1. The first kappa shape index (κ1) is 11.1. The van der Waals surface area contributed by atoms with Gasteiger partial charge in [0.15, 0.2) is 0 Å². The highest BCUT2D eigenvalue weighted by Crippen LogP contribution is 2.28. The molecule has 16 heavy (non-hydrogen) atoms. The Morgan fingerprint density at radius 1 is 1.56 bits per heavy atom. The molecule has 1 aliphatic rings. The molecule has 0 radical (unpaired) electrons. The molecule has 5 heteroatoms. The number of amides is 1. The summed E-state index contributed by atoms with van der Waals surface area (Å²) < 4.78 is 12.9. The van der Waals surface area contributed by atoms with E-state index in [4.69, 9.17) is 5.26 Å². The second kappa shape index (κ2) is 4.22. The average Bonchev–Trinajstić information content (AvgIpc) is 2.60. The first-order chi connectivity index (χ1) is 7.63. The van der Waals surface area contributed by atoms with Crippen LogP contribution in [-0.4, -0.2) is 17.3 Å². The summed E-state index contributed by atoms with van der Waals surface area (Å²) in [5.41, 5.74) is 0.672. The standard InChI is InChI=1S/C11H8BrFN2O/c12-9-3-4-15(11(9)16)10-2-1-8(13)5-7(10)6-14/h1-2,5,9H,3-4H2. The van der Waals surface area contributed by atoms with Crippen LogP contribution in [0.5, 0.6) is 0 Å². The first-order valence-electron chi connectivity index (χ1n) is 4.78. The van der Waals surface area contributed by atoms with Gasteiger partial charge in [-0.3, -0.25) is 4.79 Å².